The van der Waals surface area contributed by atoms with Gasteiger partial charge in [-0.2, -0.15) is 0 Å². The molecule has 21 heavy (non-hydrogen) atoms. The van der Waals surface area contributed by atoms with Gasteiger partial charge in [0.05, 0.1) is 11.1 Å². The molecule has 2 aliphatic rings. The topological polar surface area (TPSA) is 38.3 Å². The molecular weight excluding hydrogens is 283 g/mol. The van der Waals surface area contributed by atoms with Gasteiger partial charge in [0.2, 0.25) is 5.91 Å². The van der Waals surface area contributed by atoms with Crippen LogP contribution in [0.5, 0.6) is 5.75 Å². The molecule has 1 aromatic rings. The first kappa shape index (κ1) is 14.2. The second-order valence-electron chi connectivity index (χ2n) is 6.68. The predicted molar refractivity (Wildman–Crippen MR) is 71.0 cm³/mol. The van der Waals surface area contributed by atoms with E-state index in [2.05, 4.69) is 10.1 Å². The zero-order chi connectivity index (χ0) is 15.8. The molecule has 0 bridgehead atoms. The number of para-hydroxylation sites is 1. The Balaban J connectivity index is 2.16. The lowest BCUT2D eigenvalue weighted by molar-refractivity contribution is -0.274. The monoisotopic (exact) mass is 299 g/mol. The highest BCUT2D eigenvalue weighted by molar-refractivity contribution is 6.12. The second kappa shape index (κ2) is 3.54. The number of ether oxygens (including phenoxy) is 1. The van der Waals surface area contributed by atoms with Gasteiger partial charge in [-0.25, -0.2) is 0 Å². The maximum atomic E-state index is 12.5. The minimum atomic E-state index is -4.79. The summed E-state index contributed by atoms with van der Waals surface area (Å²) in [5.41, 5.74) is -0.763. The summed E-state index contributed by atoms with van der Waals surface area (Å²) in [6.07, 6.45) is -4.79. The summed E-state index contributed by atoms with van der Waals surface area (Å²) in [4.78, 5) is 12.5. The number of amides is 1. The number of halogens is 3. The normalized spacial score (nSPS) is 23.7. The van der Waals surface area contributed by atoms with Crippen LogP contribution in [-0.2, 0) is 10.2 Å². The number of nitrogens with one attached hydrogen (secondary N) is 1. The van der Waals surface area contributed by atoms with E-state index in [1.54, 1.807) is 6.07 Å². The van der Waals surface area contributed by atoms with Crippen molar-refractivity contribution in [1.29, 1.82) is 0 Å². The number of carbonyl (C=O) groups is 1. The number of carbonyl (C=O) groups excluding carboxylic acids is 1. The first-order chi connectivity index (χ1) is 9.47. The van der Waals surface area contributed by atoms with Crippen LogP contribution in [0.15, 0.2) is 18.2 Å². The predicted octanol–water partition coefficient (Wildman–Crippen LogP) is 3.84. The number of rotatable bonds is 1. The SMILES string of the molecule is CC1(C)C(C)(C)C12C(=O)Nc1c(OC(F)(F)F)cccc12. The van der Waals surface area contributed by atoms with Gasteiger partial charge >= 0.3 is 6.36 Å². The fourth-order valence-corrected chi connectivity index (χ4v) is 4.07. The molecule has 3 nitrogen and oxygen atoms in total. The van der Waals surface area contributed by atoms with Gasteiger partial charge in [0.25, 0.3) is 0 Å². The molecule has 1 aromatic carbocycles. The van der Waals surface area contributed by atoms with E-state index in [4.69, 9.17) is 0 Å². The summed E-state index contributed by atoms with van der Waals surface area (Å²) in [6, 6.07) is 4.41. The largest absolute Gasteiger partial charge is 0.573 e. The van der Waals surface area contributed by atoms with Gasteiger partial charge in [-0.05, 0) is 22.5 Å². The zero-order valence-electron chi connectivity index (χ0n) is 12.2. The molecule has 1 spiro atoms. The summed E-state index contributed by atoms with van der Waals surface area (Å²) in [6.45, 7) is 7.83. The Morgan fingerprint density at radius 2 is 1.67 bits per heavy atom. The lowest BCUT2D eigenvalue weighted by Gasteiger charge is -2.14. The van der Waals surface area contributed by atoms with E-state index in [9.17, 15) is 18.0 Å². The Hall–Kier alpha value is -1.72. The van der Waals surface area contributed by atoms with Crippen LogP contribution in [-0.4, -0.2) is 12.3 Å². The molecule has 1 amide bonds. The van der Waals surface area contributed by atoms with Crippen molar-refractivity contribution >= 4 is 11.6 Å². The number of benzene rings is 1. The molecule has 114 valence electrons. The lowest BCUT2D eigenvalue weighted by Crippen LogP contribution is -2.26. The number of hydrogen-bond acceptors (Lipinski definition) is 2. The van der Waals surface area contributed by atoms with Crippen molar-refractivity contribution in [2.75, 3.05) is 5.32 Å². The molecule has 1 heterocycles. The molecule has 0 atom stereocenters. The van der Waals surface area contributed by atoms with Crippen molar-refractivity contribution in [1.82, 2.24) is 0 Å². The van der Waals surface area contributed by atoms with E-state index in [-0.39, 0.29) is 28.2 Å². The van der Waals surface area contributed by atoms with Crippen LogP contribution in [0.4, 0.5) is 18.9 Å². The third-order valence-corrected chi connectivity index (χ3v) is 5.61. The van der Waals surface area contributed by atoms with Crippen molar-refractivity contribution in [2.24, 2.45) is 10.8 Å². The van der Waals surface area contributed by atoms with Crippen LogP contribution in [0.2, 0.25) is 0 Å². The second-order valence-corrected chi connectivity index (χ2v) is 6.68. The first-order valence-corrected chi connectivity index (χ1v) is 6.67. The van der Waals surface area contributed by atoms with Crippen LogP contribution in [0.1, 0.15) is 33.3 Å². The highest BCUT2D eigenvalue weighted by Gasteiger charge is 2.83. The molecule has 1 fully saturated rings. The van der Waals surface area contributed by atoms with E-state index in [0.29, 0.717) is 5.56 Å². The molecular formula is C15H16F3NO2. The van der Waals surface area contributed by atoms with E-state index in [1.165, 1.54) is 12.1 Å². The minimum absolute atomic E-state index is 0.137. The van der Waals surface area contributed by atoms with Crippen LogP contribution in [0.25, 0.3) is 0 Å². The third-order valence-electron chi connectivity index (χ3n) is 5.61. The van der Waals surface area contributed by atoms with Crippen molar-refractivity contribution in [3.8, 4) is 5.75 Å². The average molecular weight is 299 g/mol. The fourth-order valence-electron chi connectivity index (χ4n) is 4.07. The summed E-state index contributed by atoms with van der Waals surface area (Å²) in [5, 5.41) is 2.59. The van der Waals surface area contributed by atoms with E-state index < -0.39 is 11.8 Å². The van der Waals surface area contributed by atoms with Gasteiger partial charge in [-0.1, -0.05) is 39.8 Å². The van der Waals surface area contributed by atoms with Crippen LogP contribution < -0.4 is 10.1 Å². The minimum Gasteiger partial charge on any atom is -0.404 e. The third kappa shape index (κ3) is 1.43. The summed E-state index contributed by atoms with van der Waals surface area (Å²) < 4.78 is 41.5. The maximum Gasteiger partial charge on any atom is 0.573 e. The molecule has 0 radical (unpaired) electrons. The maximum absolute atomic E-state index is 12.5. The zero-order valence-corrected chi connectivity index (χ0v) is 12.2. The molecule has 0 saturated heterocycles. The standard InChI is InChI=1S/C15H16F3NO2/c1-12(2)13(3,4)14(12)8-6-5-7-9(21-15(16,17)18)10(8)19-11(14)20/h5-7H,1-4H3,(H,19,20). The highest BCUT2D eigenvalue weighted by Crippen LogP contribution is 2.80. The van der Waals surface area contributed by atoms with E-state index in [1.807, 2.05) is 27.7 Å². The van der Waals surface area contributed by atoms with Crippen molar-refractivity contribution < 1.29 is 22.7 Å². The van der Waals surface area contributed by atoms with Gasteiger partial charge in [0, 0.05) is 0 Å². The summed E-state index contributed by atoms with van der Waals surface area (Å²) in [5.74, 6) is -0.616. The van der Waals surface area contributed by atoms with Crippen molar-refractivity contribution in [2.45, 2.75) is 39.5 Å². The van der Waals surface area contributed by atoms with Crippen LogP contribution in [0.3, 0.4) is 0 Å². The number of fused-ring (bicyclic) bond motifs is 2. The quantitative estimate of drug-likeness (QED) is 0.855. The van der Waals surface area contributed by atoms with E-state index >= 15 is 0 Å². The molecule has 0 aromatic heterocycles. The molecule has 3 rings (SSSR count). The summed E-state index contributed by atoms with van der Waals surface area (Å²) >= 11 is 0. The van der Waals surface area contributed by atoms with Crippen LogP contribution in [0, 0.1) is 10.8 Å². The van der Waals surface area contributed by atoms with Gasteiger partial charge in [0.1, 0.15) is 0 Å². The summed E-state index contributed by atoms with van der Waals surface area (Å²) in [7, 11) is 0. The average Bonchev–Trinajstić information content (AvgIpc) is 2.58. The van der Waals surface area contributed by atoms with E-state index in [0.717, 1.165) is 0 Å². The molecule has 1 aliphatic carbocycles. The number of alkyl halides is 3. The Morgan fingerprint density at radius 1 is 1.10 bits per heavy atom. The van der Waals surface area contributed by atoms with Gasteiger partial charge in [-0.15, -0.1) is 13.2 Å². The van der Waals surface area contributed by atoms with Gasteiger partial charge in [-0.3, -0.25) is 4.79 Å². The highest BCUT2D eigenvalue weighted by atomic mass is 19.4. The van der Waals surface area contributed by atoms with Crippen molar-refractivity contribution in [3.05, 3.63) is 23.8 Å². The van der Waals surface area contributed by atoms with Gasteiger partial charge in [0.15, 0.2) is 5.75 Å². The van der Waals surface area contributed by atoms with Gasteiger partial charge < -0.3 is 10.1 Å². The number of anilines is 1. The number of hydrogen-bond donors (Lipinski definition) is 1. The van der Waals surface area contributed by atoms with Crippen molar-refractivity contribution in [3.63, 3.8) is 0 Å². The molecule has 1 N–H and O–H groups in total. The molecule has 6 heteroatoms. The Morgan fingerprint density at radius 3 is 2.14 bits per heavy atom. The first-order valence-electron chi connectivity index (χ1n) is 6.67. The molecule has 0 unspecified atom stereocenters. The smallest absolute Gasteiger partial charge is 0.404 e. The molecule has 1 saturated carbocycles. The fraction of sp³-hybridized carbons (Fsp3) is 0.533. The Kier molecular flexibility index (Phi) is 2.40. The Bertz CT molecular complexity index is 633. The molecule has 1 aliphatic heterocycles. The van der Waals surface area contributed by atoms with Crippen LogP contribution >= 0.6 is 0 Å². The lowest BCUT2D eigenvalue weighted by atomic mass is 9.87. The Labute approximate surface area is 120 Å².